The third-order valence-corrected chi connectivity index (χ3v) is 3.32. The van der Waals surface area contributed by atoms with Crippen molar-refractivity contribution >= 4 is 12.1 Å². The van der Waals surface area contributed by atoms with Crippen LogP contribution in [0.4, 0.5) is 0 Å². The molecule has 0 aliphatic rings. The van der Waals surface area contributed by atoms with Crippen molar-refractivity contribution in [3.05, 3.63) is 59.5 Å². The number of methoxy groups -OCH3 is 1. The molecular formula is C17H16N4O3. The van der Waals surface area contributed by atoms with Gasteiger partial charge in [0, 0.05) is 11.6 Å². The van der Waals surface area contributed by atoms with Gasteiger partial charge >= 0.3 is 0 Å². The van der Waals surface area contributed by atoms with Gasteiger partial charge in [-0.1, -0.05) is 12.1 Å². The van der Waals surface area contributed by atoms with E-state index in [-0.39, 0.29) is 5.69 Å². The molecule has 0 saturated carbocycles. The van der Waals surface area contributed by atoms with Crippen LogP contribution in [-0.2, 0) is 0 Å². The molecule has 24 heavy (non-hydrogen) atoms. The minimum absolute atomic E-state index is 0.219. The van der Waals surface area contributed by atoms with Gasteiger partial charge in [0.2, 0.25) is 0 Å². The van der Waals surface area contributed by atoms with E-state index in [4.69, 9.17) is 9.15 Å². The van der Waals surface area contributed by atoms with Crippen molar-refractivity contribution in [3.8, 4) is 17.2 Å². The maximum absolute atomic E-state index is 12.1. The van der Waals surface area contributed by atoms with E-state index >= 15 is 0 Å². The van der Waals surface area contributed by atoms with E-state index in [0.29, 0.717) is 17.2 Å². The van der Waals surface area contributed by atoms with Crippen molar-refractivity contribution in [3.63, 3.8) is 0 Å². The number of aromatic nitrogens is 2. The molecule has 0 saturated heterocycles. The number of para-hydroxylation sites is 1. The quantitative estimate of drug-likeness (QED) is 0.557. The number of carbonyl (C=O) groups excluding carboxylic acids is 1. The van der Waals surface area contributed by atoms with E-state index in [9.17, 15) is 4.79 Å². The van der Waals surface area contributed by atoms with Crippen molar-refractivity contribution in [2.24, 2.45) is 5.10 Å². The maximum atomic E-state index is 12.1. The van der Waals surface area contributed by atoms with Crippen LogP contribution in [0.25, 0.3) is 11.5 Å². The van der Waals surface area contributed by atoms with Gasteiger partial charge in [-0.2, -0.15) is 10.2 Å². The van der Waals surface area contributed by atoms with Gasteiger partial charge in [0.25, 0.3) is 5.91 Å². The molecule has 0 unspecified atom stereocenters. The average Bonchev–Trinajstić information content (AvgIpc) is 3.24. The van der Waals surface area contributed by atoms with Crippen molar-refractivity contribution in [2.75, 3.05) is 7.11 Å². The van der Waals surface area contributed by atoms with E-state index in [1.54, 1.807) is 13.2 Å². The second-order valence-corrected chi connectivity index (χ2v) is 5.02. The number of aromatic amines is 1. The van der Waals surface area contributed by atoms with Crippen molar-refractivity contribution in [1.29, 1.82) is 0 Å². The molecule has 7 heteroatoms. The first kappa shape index (κ1) is 15.5. The average molecular weight is 324 g/mol. The van der Waals surface area contributed by atoms with Crippen LogP contribution in [0.1, 0.15) is 21.8 Å². The second kappa shape index (κ2) is 6.82. The Morgan fingerprint density at radius 3 is 2.92 bits per heavy atom. The molecule has 0 spiro atoms. The summed E-state index contributed by atoms with van der Waals surface area (Å²) in [5, 5.41) is 10.7. The molecule has 2 aromatic heterocycles. The molecule has 0 fully saturated rings. The topological polar surface area (TPSA) is 92.5 Å². The lowest BCUT2D eigenvalue weighted by atomic mass is 10.2. The van der Waals surface area contributed by atoms with Crippen LogP contribution in [0.2, 0.25) is 0 Å². The minimum Gasteiger partial charge on any atom is -0.496 e. The monoisotopic (exact) mass is 324 g/mol. The fraction of sp³-hybridized carbons (Fsp3) is 0.118. The summed E-state index contributed by atoms with van der Waals surface area (Å²) in [7, 11) is 1.58. The molecule has 122 valence electrons. The predicted molar refractivity (Wildman–Crippen MR) is 89.1 cm³/mol. The summed E-state index contributed by atoms with van der Waals surface area (Å²) in [6.07, 6.45) is 1.51. The second-order valence-electron chi connectivity index (χ2n) is 5.02. The van der Waals surface area contributed by atoms with Crippen molar-refractivity contribution < 1.29 is 13.9 Å². The Bertz CT molecular complexity index is 879. The highest BCUT2D eigenvalue weighted by Crippen LogP contribution is 2.20. The summed E-state index contributed by atoms with van der Waals surface area (Å²) in [4.78, 5) is 12.1. The van der Waals surface area contributed by atoms with E-state index in [1.165, 1.54) is 6.21 Å². The summed E-state index contributed by atoms with van der Waals surface area (Å²) in [6, 6.07) is 12.6. The van der Waals surface area contributed by atoms with Gasteiger partial charge in [-0.15, -0.1) is 0 Å². The molecule has 3 aromatic rings. The summed E-state index contributed by atoms with van der Waals surface area (Å²) < 4.78 is 10.7. The zero-order valence-electron chi connectivity index (χ0n) is 13.2. The number of ether oxygens (including phenoxy) is 1. The number of carbonyl (C=O) groups is 1. The minimum atomic E-state index is -0.424. The molecule has 2 heterocycles. The third kappa shape index (κ3) is 3.35. The number of nitrogens with zero attached hydrogens (tertiary/aromatic N) is 2. The number of hydrogen-bond acceptors (Lipinski definition) is 5. The Labute approximate surface area is 138 Å². The van der Waals surface area contributed by atoms with Crippen molar-refractivity contribution in [1.82, 2.24) is 15.6 Å². The van der Waals surface area contributed by atoms with E-state index < -0.39 is 5.91 Å². The predicted octanol–water partition coefficient (Wildman–Crippen LogP) is 2.75. The van der Waals surface area contributed by atoms with Gasteiger partial charge in [0.1, 0.15) is 17.2 Å². The van der Waals surface area contributed by atoms with Gasteiger partial charge in [0.05, 0.1) is 13.3 Å². The molecule has 0 bridgehead atoms. The van der Waals surface area contributed by atoms with Crippen LogP contribution < -0.4 is 10.2 Å². The highest BCUT2D eigenvalue weighted by Gasteiger charge is 2.12. The Kier molecular flexibility index (Phi) is 4.42. The number of H-pyrrole nitrogens is 1. The number of hydrazone groups is 1. The van der Waals surface area contributed by atoms with Crippen LogP contribution in [0.15, 0.2) is 52.0 Å². The number of furan rings is 1. The Hall–Kier alpha value is -3.35. The molecule has 3 rings (SSSR count). The number of aryl methyl sites for hydroxylation is 1. The standard InChI is InChI=1S/C17H16N4O3/c1-11-7-8-16(24-11)13-9-14(20-19-13)17(22)21-18-10-12-5-3-4-6-15(12)23-2/h3-10H,1-2H3,(H,19,20)(H,21,22). The molecule has 1 amide bonds. The van der Waals surface area contributed by atoms with Gasteiger partial charge in [0.15, 0.2) is 11.5 Å². The highest BCUT2D eigenvalue weighted by molar-refractivity contribution is 5.94. The first-order chi connectivity index (χ1) is 11.7. The largest absolute Gasteiger partial charge is 0.496 e. The smallest absolute Gasteiger partial charge is 0.291 e. The van der Waals surface area contributed by atoms with Gasteiger partial charge in [-0.05, 0) is 31.2 Å². The van der Waals surface area contributed by atoms with Gasteiger partial charge in [-0.25, -0.2) is 5.43 Å². The number of benzene rings is 1. The normalized spacial score (nSPS) is 10.9. The molecule has 2 N–H and O–H groups in total. The lowest BCUT2D eigenvalue weighted by Gasteiger charge is -2.02. The van der Waals surface area contributed by atoms with Gasteiger partial charge in [-0.3, -0.25) is 9.89 Å². The zero-order valence-corrected chi connectivity index (χ0v) is 13.2. The van der Waals surface area contributed by atoms with E-state index in [0.717, 1.165) is 11.3 Å². The van der Waals surface area contributed by atoms with Gasteiger partial charge < -0.3 is 9.15 Å². The Balaban J connectivity index is 1.67. The summed E-state index contributed by atoms with van der Waals surface area (Å²) in [5.41, 5.74) is 4.03. The summed E-state index contributed by atoms with van der Waals surface area (Å²) >= 11 is 0. The van der Waals surface area contributed by atoms with Crippen LogP contribution in [-0.4, -0.2) is 29.4 Å². The molecule has 0 aliphatic heterocycles. The number of hydrogen-bond donors (Lipinski definition) is 2. The Morgan fingerprint density at radius 1 is 1.33 bits per heavy atom. The lowest BCUT2D eigenvalue weighted by molar-refractivity contribution is 0.0950. The summed E-state index contributed by atoms with van der Waals surface area (Å²) in [5.74, 6) is 1.65. The van der Waals surface area contributed by atoms with Crippen LogP contribution in [0.3, 0.4) is 0 Å². The fourth-order valence-electron chi connectivity index (χ4n) is 2.13. The van der Waals surface area contributed by atoms with Crippen molar-refractivity contribution in [2.45, 2.75) is 6.92 Å². The Morgan fingerprint density at radius 2 is 2.17 bits per heavy atom. The van der Waals surface area contributed by atoms with Crippen LogP contribution >= 0.6 is 0 Å². The molecule has 0 radical (unpaired) electrons. The zero-order chi connectivity index (χ0) is 16.9. The molecule has 0 aliphatic carbocycles. The number of rotatable bonds is 5. The molecule has 7 nitrogen and oxygen atoms in total. The maximum Gasteiger partial charge on any atom is 0.291 e. The first-order valence-corrected chi connectivity index (χ1v) is 7.26. The molecular weight excluding hydrogens is 308 g/mol. The SMILES string of the molecule is COc1ccccc1C=NNC(=O)c1cc(-c2ccc(C)o2)[nH]n1. The third-order valence-electron chi connectivity index (χ3n) is 3.32. The highest BCUT2D eigenvalue weighted by atomic mass is 16.5. The van der Waals surface area contributed by atoms with E-state index in [1.807, 2.05) is 43.3 Å². The first-order valence-electron chi connectivity index (χ1n) is 7.26. The lowest BCUT2D eigenvalue weighted by Crippen LogP contribution is -2.18. The van der Waals surface area contributed by atoms with Crippen LogP contribution in [0, 0.1) is 6.92 Å². The van der Waals surface area contributed by atoms with E-state index in [2.05, 4.69) is 20.7 Å². The molecule has 0 atom stereocenters. The van der Waals surface area contributed by atoms with Crippen LogP contribution in [0.5, 0.6) is 5.75 Å². The number of amides is 1. The number of nitrogens with one attached hydrogen (secondary N) is 2. The molecule has 1 aromatic carbocycles. The fourth-order valence-corrected chi connectivity index (χ4v) is 2.13. The summed E-state index contributed by atoms with van der Waals surface area (Å²) in [6.45, 7) is 1.85.